The maximum Gasteiger partial charge on any atom is 0.194 e. The lowest BCUT2D eigenvalue weighted by atomic mass is 10.2. The van der Waals surface area contributed by atoms with Gasteiger partial charge in [-0.25, -0.2) is 0 Å². The molecule has 1 saturated heterocycles. The standard InChI is InChI=1S/C20H27N5O.HI/c1-16-7-6-8-17(23-16)15-22-20(21-2)25-13-11-24(12-14-25)18-9-4-5-10-19(18)26-3;/h4-10H,11-15H2,1-3H3,(H,21,22);1H. The molecule has 1 fully saturated rings. The summed E-state index contributed by atoms with van der Waals surface area (Å²) < 4.78 is 5.49. The van der Waals surface area contributed by atoms with Crippen LogP contribution < -0.4 is 15.0 Å². The van der Waals surface area contributed by atoms with E-state index in [9.17, 15) is 0 Å². The molecule has 1 aliphatic heterocycles. The molecule has 0 bridgehead atoms. The minimum atomic E-state index is 0. The van der Waals surface area contributed by atoms with Crippen LogP contribution in [0.1, 0.15) is 11.4 Å². The van der Waals surface area contributed by atoms with Gasteiger partial charge in [0.1, 0.15) is 5.75 Å². The molecular weight excluding hydrogens is 453 g/mol. The number of nitrogens with zero attached hydrogens (tertiary/aromatic N) is 4. The van der Waals surface area contributed by atoms with Gasteiger partial charge in [-0.2, -0.15) is 0 Å². The topological polar surface area (TPSA) is 53.0 Å². The first-order valence-corrected chi connectivity index (χ1v) is 8.97. The molecule has 146 valence electrons. The number of aromatic nitrogens is 1. The molecule has 0 spiro atoms. The number of para-hydroxylation sites is 2. The van der Waals surface area contributed by atoms with E-state index in [-0.39, 0.29) is 24.0 Å². The molecule has 1 aromatic carbocycles. The number of anilines is 1. The van der Waals surface area contributed by atoms with Crippen molar-refractivity contribution in [3.05, 3.63) is 53.9 Å². The fourth-order valence-electron chi connectivity index (χ4n) is 3.25. The first-order valence-electron chi connectivity index (χ1n) is 8.97. The van der Waals surface area contributed by atoms with Crippen LogP contribution in [0.3, 0.4) is 0 Å². The molecule has 2 heterocycles. The molecule has 0 amide bonds. The Labute approximate surface area is 178 Å². The number of guanidine groups is 1. The van der Waals surface area contributed by atoms with Crippen molar-refractivity contribution in [3.63, 3.8) is 0 Å². The van der Waals surface area contributed by atoms with Gasteiger partial charge in [-0.3, -0.25) is 9.98 Å². The Kier molecular flexibility index (Phi) is 8.15. The van der Waals surface area contributed by atoms with Crippen LogP contribution in [-0.4, -0.2) is 56.2 Å². The van der Waals surface area contributed by atoms with E-state index in [4.69, 9.17) is 4.74 Å². The number of benzene rings is 1. The summed E-state index contributed by atoms with van der Waals surface area (Å²) in [7, 11) is 3.55. The van der Waals surface area contributed by atoms with E-state index in [1.807, 2.05) is 44.3 Å². The monoisotopic (exact) mass is 481 g/mol. The summed E-state index contributed by atoms with van der Waals surface area (Å²) in [6.45, 7) is 6.39. The lowest BCUT2D eigenvalue weighted by molar-refractivity contribution is 0.367. The van der Waals surface area contributed by atoms with Crippen molar-refractivity contribution in [2.24, 2.45) is 4.99 Å². The van der Waals surface area contributed by atoms with Crippen LogP contribution in [0.25, 0.3) is 0 Å². The van der Waals surface area contributed by atoms with Crippen molar-refractivity contribution in [3.8, 4) is 5.75 Å². The van der Waals surface area contributed by atoms with E-state index in [1.54, 1.807) is 7.11 Å². The summed E-state index contributed by atoms with van der Waals surface area (Å²) in [5.74, 6) is 1.85. The molecule has 1 aromatic heterocycles. The number of ether oxygens (including phenoxy) is 1. The fraction of sp³-hybridized carbons (Fsp3) is 0.400. The number of aliphatic imine (C=N–C) groups is 1. The Morgan fingerprint density at radius 3 is 2.52 bits per heavy atom. The van der Waals surface area contributed by atoms with Crippen LogP contribution in [0.5, 0.6) is 5.75 Å². The number of methoxy groups -OCH3 is 1. The molecule has 3 rings (SSSR count). The Bertz CT molecular complexity index is 760. The quantitative estimate of drug-likeness (QED) is 0.414. The second-order valence-corrected chi connectivity index (χ2v) is 6.32. The van der Waals surface area contributed by atoms with Gasteiger partial charge in [-0.1, -0.05) is 18.2 Å². The van der Waals surface area contributed by atoms with Crippen LogP contribution >= 0.6 is 24.0 Å². The summed E-state index contributed by atoms with van der Waals surface area (Å²) in [5, 5.41) is 3.43. The Balaban J connectivity index is 0.00000261. The van der Waals surface area contributed by atoms with Crippen molar-refractivity contribution >= 4 is 35.6 Å². The average molecular weight is 481 g/mol. The largest absolute Gasteiger partial charge is 0.495 e. The van der Waals surface area contributed by atoms with Gasteiger partial charge in [0.25, 0.3) is 0 Å². The molecule has 6 nitrogen and oxygen atoms in total. The molecule has 0 radical (unpaired) electrons. The number of piperazine rings is 1. The Morgan fingerprint density at radius 1 is 1.11 bits per heavy atom. The van der Waals surface area contributed by atoms with Crippen molar-refractivity contribution in [1.82, 2.24) is 15.2 Å². The van der Waals surface area contributed by atoms with Crippen LogP contribution in [0.15, 0.2) is 47.5 Å². The second-order valence-electron chi connectivity index (χ2n) is 6.32. The maximum atomic E-state index is 5.49. The summed E-state index contributed by atoms with van der Waals surface area (Å²) >= 11 is 0. The van der Waals surface area contributed by atoms with Gasteiger partial charge in [0.05, 0.1) is 25.0 Å². The highest BCUT2D eigenvalue weighted by atomic mass is 127. The molecule has 27 heavy (non-hydrogen) atoms. The molecule has 0 saturated carbocycles. The highest BCUT2D eigenvalue weighted by Gasteiger charge is 2.21. The zero-order chi connectivity index (χ0) is 18.4. The average Bonchev–Trinajstić information content (AvgIpc) is 2.69. The van der Waals surface area contributed by atoms with E-state index in [0.29, 0.717) is 6.54 Å². The molecule has 7 heteroatoms. The van der Waals surface area contributed by atoms with Crippen molar-refractivity contribution < 1.29 is 4.74 Å². The van der Waals surface area contributed by atoms with E-state index in [1.165, 1.54) is 0 Å². The van der Waals surface area contributed by atoms with E-state index in [0.717, 1.165) is 55.0 Å². The van der Waals surface area contributed by atoms with Crippen LogP contribution in [0.4, 0.5) is 5.69 Å². The van der Waals surface area contributed by atoms with Gasteiger partial charge in [-0.05, 0) is 31.2 Å². The molecule has 0 unspecified atom stereocenters. The third kappa shape index (κ3) is 5.47. The normalized spacial score (nSPS) is 14.6. The molecule has 0 atom stereocenters. The van der Waals surface area contributed by atoms with Crippen molar-refractivity contribution in [1.29, 1.82) is 0 Å². The summed E-state index contributed by atoms with van der Waals surface area (Å²) in [6.07, 6.45) is 0. The van der Waals surface area contributed by atoms with Crippen LogP contribution in [0.2, 0.25) is 0 Å². The lowest BCUT2D eigenvalue weighted by Gasteiger charge is -2.38. The summed E-state index contributed by atoms with van der Waals surface area (Å²) in [4.78, 5) is 13.6. The van der Waals surface area contributed by atoms with E-state index < -0.39 is 0 Å². The predicted molar refractivity (Wildman–Crippen MR) is 121 cm³/mol. The second kappa shape index (κ2) is 10.3. The zero-order valence-electron chi connectivity index (χ0n) is 16.2. The van der Waals surface area contributed by atoms with Crippen molar-refractivity contribution in [2.75, 3.05) is 45.2 Å². The molecule has 1 N–H and O–H groups in total. The van der Waals surface area contributed by atoms with Gasteiger partial charge in [-0.15, -0.1) is 24.0 Å². The third-order valence-corrected chi connectivity index (χ3v) is 4.59. The van der Waals surface area contributed by atoms with Gasteiger partial charge in [0.2, 0.25) is 0 Å². The highest BCUT2D eigenvalue weighted by Crippen LogP contribution is 2.28. The SMILES string of the molecule is CN=C(NCc1cccc(C)n1)N1CCN(c2ccccc2OC)CC1.I. The minimum Gasteiger partial charge on any atom is -0.495 e. The smallest absolute Gasteiger partial charge is 0.194 e. The first kappa shape index (κ1) is 21.3. The highest BCUT2D eigenvalue weighted by molar-refractivity contribution is 14.0. The Hall–Kier alpha value is -2.03. The number of hydrogen-bond acceptors (Lipinski definition) is 4. The Morgan fingerprint density at radius 2 is 1.85 bits per heavy atom. The molecule has 0 aliphatic carbocycles. The number of hydrogen-bond donors (Lipinski definition) is 1. The first-order chi connectivity index (χ1) is 12.7. The van der Waals surface area contributed by atoms with Crippen molar-refractivity contribution in [2.45, 2.75) is 13.5 Å². The third-order valence-electron chi connectivity index (χ3n) is 4.59. The van der Waals surface area contributed by atoms with Gasteiger partial charge >= 0.3 is 0 Å². The van der Waals surface area contributed by atoms with Gasteiger partial charge < -0.3 is 19.9 Å². The number of aryl methyl sites for hydroxylation is 1. The maximum absolute atomic E-state index is 5.49. The van der Waals surface area contributed by atoms with Gasteiger partial charge in [0.15, 0.2) is 5.96 Å². The lowest BCUT2D eigenvalue weighted by Crippen LogP contribution is -2.52. The number of halogens is 1. The fourth-order valence-corrected chi connectivity index (χ4v) is 3.25. The summed E-state index contributed by atoms with van der Waals surface area (Å²) in [5.41, 5.74) is 3.21. The molecular formula is C20H28IN5O. The van der Waals surface area contributed by atoms with Gasteiger partial charge in [0, 0.05) is 38.9 Å². The predicted octanol–water partition coefficient (Wildman–Crippen LogP) is 2.91. The minimum absolute atomic E-state index is 0. The van der Waals surface area contributed by atoms with Crippen LogP contribution in [0, 0.1) is 6.92 Å². The molecule has 1 aliphatic rings. The van der Waals surface area contributed by atoms with E-state index >= 15 is 0 Å². The summed E-state index contributed by atoms with van der Waals surface area (Å²) in [6, 6.07) is 14.3. The number of rotatable bonds is 4. The van der Waals surface area contributed by atoms with Crippen LogP contribution in [-0.2, 0) is 6.54 Å². The number of nitrogens with one attached hydrogen (secondary N) is 1. The van der Waals surface area contributed by atoms with E-state index in [2.05, 4.69) is 37.2 Å². The number of pyridine rings is 1. The molecule has 2 aromatic rings. The zero-order valence-corrected chi connectivity index (χ0v) is 18.5.